The molecule has 0 bridgehead atoms. The standard InChI is InChI=1S/C12H9FN2O2/c13-11-5-8(1-2-15-11)3-9-4-10(12(16)17)7-14-6-9/h1-2,4-7H,3H2,(H,16,17). The zero-order chi connectivity index (χ0) is 12.3. The largest absolute Gasteiger partial charge is 0.478 e. The zero-order valence-electron chi connectivity index (χ0n) is 8.80. The van der Waals surface area contributed by atoms with Gasteiger partial charge in [-0.25, -0.2) is 9.78 Å². The molecular weight excluding hydrogens is 223 g/mol. The summed E-state index contributed by atoms with van der Waals surface area (Å²) in [6.07, 6.45) is 4.64. The van der Waals surface area contributed by atoms with Crippen molar-refractivity contribution in [3.8, 4) is 0 Å². The highest BCUT2D eigenvalue weighted by molar-refractivity contribution is 5.87. The highest BCUT2D eigenvalue weighted by Gasteiger charge is 2.05. The van der Waals surface area contributed by atoms with Crippen LogP contribution in [0.1, 0.15) is 21.5 Å². The molecule has 2 aromatic heterocycles. The molecule has 1 N–H and O–H groups in total. The Labute approximate surface area is 96.8 Å². The zero-order valence-corrected chi connectivity index (χ0v) is 8.80. The maximum Gasteiger partial charge on any atom is 0.337 e. The number of halogens is 1. The van der Waals surface area contributed by atoms with Gasteiger partial charge in [-0.1, -0.05) is 0 Å². The molecule has 0 saturated carbocycles. The lowest BCUT2D eigenvalue weighted by atomic mass is 10.1. The molecular formula is C12H9FN2O2. The number of carboxylic acid groups (broad SMARTS) is 1. The Morgan fingerprint density at radius 3 is 2.82 bits per heavy atom. The monoisotopic (exact) mass is 232 g/mol. The second-order valence-electron chi connectivity index (χ2n) is 3.55. The molecule has 0 saturated heterocycles. The van der Waals surface area contributed by atoms with Gasteiger partial charge in [0.1, 0.15) is 0 Å². The number of aromatic nitrogens is 2. The summed E-state index contributed by atoms with van der Waals surface area (Å²) in [5.74, 6) is -1.58. The molecule has 0 amide bonds. The van der Waals surface area contributed by atoms with Gasteiger partial charge in [0, 0.05) is 18.6 Å². The molecule has 0 unspecified atom stereocenters. The molecule has 0 aliphatic heterocycles. The molecule has 0 aromatic carbocycles. The van der Waals surface area contributed by atoms with Gasteiger partial charge in [0.2, 0.25) is 5.95 Å². The van der Waals surface area contributed by atoms with Gasteiger partial charge in [-0.2, -0.15) is 4.39 Å². The average molecular weight is 232 g/mol. The van der Waals surface area contributed by atoms with Crippen LogP contribution in [-0.2, 0) is 6.42 Å². The molecule has 86 valence electrons. The quantitative estimate of drug-likeness (QED) is 0.821. The number of carboxylic acids is 1. The fourth-order valence-corrected chi connectivity index (χ4v) is 1.49. The van der Waals surface area contributed by atoms with E-state index in [-0.39, 0.29) is 5.56 Å². The van der Waals surface area contributed by atoms with Gasteiger partial charge in [-0.15, -0.1) is 0 Å². The van der Waals surface area contributed by atoms with Crippen LogP contribution in [0.5, 0.6) is 0 Å². The number of nitrogens with zero attached hydrogens (tertiary/aromatic N) is 2. The first-order valence-corrected chi connectivity index (χ1v) is 4.93. The van der Waals surface area contributed by atoms with Crippen molar-refractivity contribution in [1.82, 2.24) is 9.97 Å². The van der Waals surface area contributed by atoms with E-state index in [0.29, 0.717) is 6.42 Å². The topological polar surface area (TPSA) is 63.1 Å². The molecule has 17 heavy (non-hydrogen) atoms. The summed E-state index contributed by atoms with van der Waals surface area (Å²) in [6.45, 7) is 0. The predicted octanol–water partition coefficient (Wildman–Crippen LogP) is 1.90. The van der Waals surface area contributed by atoms with Crippen LogP contribution in [0.2, 0.25) is 0 Å². The molecule has 2 aromatic rings. The van der Waals surface area contributed by atoms with E-state index in [1.165, 1.54) is 24.5 Å². The summed E-state index contributed by atoms with van der Waals surface area (Å²) in [7, 11) is 0. The molecule has 0 aliphatic carbocycles. The van der Waals surface area contributed by atoms with E-state index in [1.807, 2.05) is 0 Å². The Morgan fingerprint density at radius 1 is 1.29 bits per heavy atom. The third-order valence-corrected chi connectivity index (χ3v) is 2.24. The van der Waals surface area contributed by atoms with Gasteiger partial charge >= 0.3 is 5.97 Å². The van der Waals surface area contributed by atoms with Crippen molar-refractivity contribution in [2.24, 2.45) is 0 Å². The van der Waals surface area contributed by atoms with E-state index >= 15 is 0 Å². The molecule has 2 heterocycles. The third-order valence-electron chi connectivity index (χ3n) is 2.24. The molecule has 0 fully saturated rings. The number of hydrogen-bond donors (Lipinski definition) is 1. The Balaban J connectivity index is 2.24. The van der Waals surface area contributed by atoms with Crippen molar-refractivity contribution in [2.45, 2.75) is 6.42 Å². The highest BCUT2D eigenvalue weighted by Crippen LogP contribution is 2.10. The second-order valence-corrected chi connectivity index (χ2v) is 3.55. The van der Waals surface area contributed by atoms with E-state index in [1.54, 1.807) is 12.3 Å². The average Bonchev–Trinajstić information content (AvgIpc) is 2.29. The van der Waals surface area contributed by atoms with Crippen LogP contribution in [0.25, 0.3) is 0 Å². The number of rotatable bonds is 3. The van der Waals surface area contributed by atoms with Crippen molar-refractivity contribution in [3.63, 3.8) is 0 Å². The highest BCUT2D eigenvalue weighted by atomic mass is 19.1. The Morgan fingerprint density at radius 2 is 2.12 bits per heavy atom. The number of hydrogen-bond acceptors (Lipinski definition) is 3. The lowest BCUT2D eigenvalue weighted by molar-refractivity contribution is 0.0696. The van der Waals surface area contributed by atoms with E-state index < -0.39 is 11.9 Å². The fraction of sp³-hybridized carbons (Fsp3) is 0.0833. The van der Waals surface area contributed by atoms with E-state index in [2.05, 4.69) is 9.97 Å². The smallest absolute Gasteiger partial charge is 0.337 e. The van der Waals surface area contributed by atoms with Crippen LogP contribution in [0.4, 0.5) is 4.39 Å². The molecule has 0 spiro atoms. The van der Waals surface area contributed by atoms with Crippen LogP contribution >= 0.6 is 0 Å². The summed E-state index contributed by atoms with van der Waals surface area (Å²) < 4.78 is 12.9. The summed E-state index contributed by atoms with van der Waals surface area (Å²) in [4.78, 5) is 18.0. The molecule has 0 aliphatic rings. The summed E-state index contributed by atoms with van der Waals surface area (Å²) in [6, 6.07) is 4.51. The lowest BCUT2D eigenvalue weighted by Crippen LogP contribution is -1.99. The Kier molecular flexibility index (Phi) is 3.09. The van der Waals surface area contributed by atoms with E-state index in [0.717, 1.165) is 11.1 Å². The number of aromatic carboxylic acids is 1. The van der Waals surface area contributed by atoms with Crippen molar-refractivity contribution in [2.75, 3.05) is 0 Å². The second kappa shape index (κ2) is 4.69. The van der Waals surface area contributed by atoms with Crippen LogP contribution in [0, 0.1) is 5.95 Å². The van der Waals surface area contributed by atoms with Gasteiger partial charge in [-0.05, 0) is 35.7 Å². The van der Waals surface area contributed by atoms with Gasteiger partial charge < -0.3 is 5.11 Å². The molecule has 4 nitrogen and oxygen atoms in total. The molecule has 0 radical (unpaired) electrons. The number of carbonyl (C=O) groups is 1. The SMILES string of the molecule is O=C(O)c1cncc(Cc2ccnc(F)c2)c1. The third kappa shape index (κ3) is 2.84. The maximum atomic E-state index is 12.9. The minimum atomic E-state index is -1.03. The van der Waals surface area contributed by atoms with Crippen molar-refractivity contribution >= 4 is 5.97 Å². The molecule has 2 rings (SSSR count). The van der Waals surface area contributed by atoms with Crippen molar-refractivity contribution < 1.29 is 14.3 Å². The van der Waals surface area contributed by atoms with Crippen LogP contribution in [-0.4, -0.2) is 21.0 Å². The Bertz CT molecular complexity index is 558. The lowest BCUT2D eigenvalue weighted by Gasteiger charge is -2.02. The predicted molar refractivity (Wildman–Crippen MR) is 58.2 cm³/mol. The van der Waals surface area contributed by atoms with Crippen LogP contribution in [0.3, 0.4) is 0 Å². The first-order valence-electron chi connectivity index (χ1n) is 4.93. The summed E-state index contributed by atoms with van der Waals surface area (Å²) in [5.41, 5.74) is 1.56. The van der Waals surface area contributed by atoms with Gasteiger partial charge in [0.15, 0.2) is 0 Å². The van der Waals surface area contributed by atoms with Crippen LogP contribution in [0.15, 0.2) is 36.8 Å². The van der Waals surface area contributed by atoms with Gasteiger partial charge in [0.25, 0.3) is 0 Å². The summed E-state index contributed by atoms with van der Waals surface area (Å²) >= 11 is 0. The van der Waals surface area contributed by atoms with Gasteiger partial charge in [0.05, 0.1) is 5.56 Å². The van der Waals surface area contributed by atoms with Crippen molar-refractivity contribution in [1.29, 1.82) is 0 Å². The minimum absolute atomic E-state index is 0.122. The molecule has 5 heteroatoms. The minimum Gasteiger partial charge on any atom is -0.478 e. The Hall–Kier alpha value is -2.30. The first-order chi connectivity index (χ1) is 8.15. The van der Waals surface area contributed by atoms with Crippen molar-refractivity contribution in [3.05, 3.63) is 59.4 Å². The summed E-state index contributed by atoms with van der Waals surface area (Å²) in [5, 5.41) is 8.81. The number of pyridine rings is 2. The van der Waals surface area contributed by atoms with E-state index in [9.17, 15) is 9.18 Å². The molecule has 0 atom stereocenters. The maximum absolute atomic E-state index is 12.9. The van der Waals surface area contributed by atoms with Crippen LogP contribution < -0.4 is 0 Å². The van der Waals surface area contributed by atoms with E-state index in [4.69, 9.17) is 5.11 Å². The first kappa shape index (κ1) is 11.2. The normalized spacial score (nSPS) is 10.2. The van der Waals surface area contributed by atoms with Gasteiger partial charge in [-0.3, -0.25) is 4.98 Å². The fourth-order valence-electron chi connectivity index (χ4n) is 1.49.